The Hall–Kier alpha value is -1.53. The number of hydrogen-bond acceptors (Lipinski definition) is 3. The van der Waals surface area contributed by atoms with Gasteiger partial charge in [-0.2, -0.15) is 0 Å². The van der Waals surface area contributed by atoms with Crippen molar-refractivity contribution in [1.82, 2.24) is 0 Å². The average Bonchev–Trinajstić information content (AvgIpc) is 2.37. The van der Waals surface area contributed by atoms with Crippen LogP contribution >= 0.6 is 0 Å². The van der Waals surface area contributed by atoms with Gasteiger partial charge in [0.25, 0.3) is 0 Å². The van der Waals surface area contributed by atoms with Gasteiger partial charge in [0.2, 0.25) is 0 Å². The maximum atomic E-state index is 11.2. The maximum Gasteiger partial charge on any atom is 0.330 e. The zero-order valence-corrected chi connectivity index (χ0v) is 12.0. The lowest BCUT2D eigenvalue weighted by atomic mass is 10.1. The van der Waals surface area contributed by atoms with E-state index in [0.717, 1.165) is 37.9 Å². The Morgan fingerprint density at radius 2 is 2.11 bits per heavy atom. The molecule has 3 heteroatoms. The third-order valence-corrected chi connectivity index (χ3v) is 2.36. The molecule has 19 heavy (non-hydrogen) atoms. The van der Waals surface area contributed by atoms with Crippen LogP contribution in [-0.2, 0) is 14.3 Å². The van der Waals surface area contributed by atoms with Crippen LogP contribution in [0.5, 0.6) is 0 Å². The third kappa shape index (κ3) is 12.7. The van der Waals surface area contributed by atoms with Crippen molar-refractivity contribution in [3.63, 3.8) is 0 Å². The van der Waals surface area contributed by atoms with E-state index in [-0.39, 0.29) is 5.97 Å². The van der Waals surface area contributed by atoms with Gasteiger partial charge in [-0.3, -0.25) is 0 Å². The van der Waals surface area contributed by atoms with E-state index in [2.05, 4.69) is 12.0 Å². The highest BCUT2D eigenvalue weighted by Gasteiger charge is 1.94. The number of hydrogen-bond donors (Lipinski definition) is 0. The lowest BCUT2D eigenvalue weighted by Gasteiger charge is -1.99. The number of carbonyl (C=O) groups excluding carboxylic acids is 1. The molecule has 0 radical (unpaired) electrons. The highest BCUT2D eigenvalue weighted by molar-refractivity contribution is 5.83. The van der Waals surface area contributed by atoms with E-state index in [1.165, 1.54) is 6.08 Å². The Morgan fingerprint density at radius 3 is 2.79 bits per heavy atom. The van der Waals surface area contributed by atoms with Crippen molar-refractivity contribution in [3.8, 4) is 12.3 Å². The van der Waals surface area contributed by atoms with Crippen LogP contribution < -0.4 is 0 Å². The molecule has 0 aromatic carbocycles. The molecule has 0 bridgehead atoms. The van der Waals surface area contributed by atoms with Gasteiger partial charge in [-0.15, -0.1) is 6.42 Å². The van der Waals surface area contributed by atoms with Gasteiger partial charge in [-0.25, -0.2) is 4.79 Å². The summed E-state index contributed by atoms with van der Waals surface area (Å²) in [6, 6.07) is 0. The molecule has 0 spiro atoms. The molecule has 0 aromatic heterocycles. The van der Waals surface area contributed by atoms with E-state index in [9.17, 15) is 4.79 Å². The fourth-order valence-electron chi connectivity index (χ4n) is 1.46. The molecular formula is C16H24O3. The number of ether oxygens (including phenoxy) is 2. The molecule has 0 aromatic rings. The van der Waals surface area contributed by atoms with E-state index >= 15 is 0 Å². The molecule has 0 saturated carbocycles. The Labute approximate surface area is 116 Å². The first kappa shape index (κ1) is 17.5. The zero-order valence-electron chi connectivity index (χ0n) is 12.0. The second-order valence-electron chi connectivity index (χ2n) is 4.15. The molecule has 0 aliphatic rings. The quantitative estimate of drug-likeness (QED) is 0.200. The summed E-state index contributed by atoms with van der Waals surface area (Å²) in [5, 5.41) is 0. The lowest BCUT2D eigenvalue weighted by molar-refractivity contribution is -0.137. The van der Waals surface area contributed by atoms with Crippen LogP contribution in [0.4, 0.5) is 0 Å². The zero-order chi connectivity index (χ0) is 14.3. The summed E-state index contributed by atoms with van der Waals surface area (Å²) < 4.78 is 10.0. The molecule has 0 atom stereocenters. The lowest BCUT2D eigenvalue weighted by Crippen LogP contribution is -1.99. The predicted molar refractivity (Wildman–Crippen MR) is 77.7 cm³/mol. The topological polar surface area (TPSA) is 35.5 Å². The van der Waals surface area contributed by atoms with Crippen molar-refractivity contribution in [2.24, 2.45) is 0 Å². The Morgan fingerprint density at radius 1 is 1.32 bits per heavy atom. The molecule has 0 amide bonds. The minimum absolute atomic E-state index is 0.282. The monoisotopic (exact) mass is 264 g/mol. The first-order valence-electron chi connectivity index (χ1n) is 6.73. The SMILES string of the molecule is C#CCOCCCCCC=CC(C)=CC(=O)OCC. The van der Waals surface area contributed by atoms with Crippen molar-refractivity contribution >= 4 is 5.97 Å². The highest BCUT2D eigenvalue weighted by atomic mass is 16.5. The fourth-order valence-corrected chi connectivity index (χ4v) is 1.46. The minimum atomic E-state index is -0.282. The first-order chi connectivity index (χ1) is 9.20. The summed E-state index contributed by atoms with van der Waals surface area (Å²) in [4.78, 5) is 11.2. The van der Waals surface area contributed by atoms with Crippen molar-refractivity contribution in [2.45, 2.75) is 39.5 Å². The molecule has 3 nitrogen and oxygen atoms in total. The summed E-state index contributed by atoms with van der Waals surface area (Å²) in [5.41, 5.74) is 0.913. The number of allylic oxidation sites excluding steroid dienone is 3. The van der Waals surface area contributed by atoms with Crippen molar-refractivity contribution < 1.29 is 14.3 Å². The van der Waals surface area contributed by atoms with Crippen LogP contribution in [0.15, 0.2) is 23.8 Å². The first-order valence-corrected chi connectivity index (χ1v) is 6.73. The molecular weight excluding hydrogens is 240 g/mol. The van der Waals surface area contributed by atoms with Crippen LogP contribution in [-0.4, -0.2) is 25.8 Å². The molecule has 0 heterocycles. The van der Waals surface area contributed by atoms with Crippen molar-refractivity contribution in [2.75, 3.05) is 19.8 Å². The van der Waals surface area contributed by atoms with Gasteiger partial charge in [-0.05, 0) is 38.7 Å². The van der Waals surface area contributed by atoms with Crippen LogP contribution in [0, 0.1) is 12.3 Å². The predicted octanol–water partition coefficient (Wildman–Crippen LogP) is 3.26. The third-order valence-electron chi connectivity index (χ3n) is 2.36. The summed E-state index contributed by atoms with van der Waals surface area (Å²) in [6.07, 6.45) is 14.9. The molecule has 0 N–H and O–H groups in total. The van der Waals surface area contributed by atoms with E-state index in [1.54, 1.807) is 6.92 Å². The van der Waals surface area contributed by atoms with Gasteiger partial charge < -0.3 is 9.47 Å². The molecule has 0 rings (SSSR count). The molecule has 0 saturated heterocycles. The second-order valence-corrected chi connectivity index (χ2v) is 4.15. The van der Waals surface area contributed by atoms with Crippen LogP contribution in [0.25, 0.3) is 0 Å². The summed E-state index contributed by atoms with van der Waals surface area (Å²) >= 11 is 0. The van der Waals surface area contributed by atoms with E-state index in [0.29, 0.717) is 13.2 Å². The molecule has 0 unspecified atom stereocenters. The summed E-state index contributed by atoms with van der Waals surface area (Å²) in [6.45, 7) is 5.23. The normalized spacial score (nSPS) is 11.5. The molecule has 0 aliphatic heterocycles. The molecule has 0 fully saturated rings. The van der Waals surface area contributed by atoms with Gasteiger partial charge in [-0.1, -0.05) is 24.5 Å². The molecule has 106 valence electrons. The highest BCUT2D eigenvalue weighted by Crippen LogP contribution is 2.03. The van der Waals surface area contributed by atoms with Crippen molar-refractivity contribution in [3.05, 3.63) is 23.8 Å². The van der Waals surface area contributed by atoms with E-state index < -0.39 is 0 Å². The fraction of sp³-hybridized carbons (Fsp3) is 0.562. The number of carbonyl (C=O) groups is 1. The van der Waals surface area contributed by atoms with Crippen LogP contribution in [0.2, 0.25) is 0 Å². The van der Waals surface area contributed by atoms with Crippen LogP contribution in [0.1, 0.15) is 39.5 Å². The Kier molecular flexibility index (Phi) is 11.9. The number of rotatable bonds is 10. The van der Waals surface area contributed by atoms with Gasteiger partial charge >= 0.3 is 5.97 Å². The van der Waals surface area contributed by atoms with Gasteiger partial charge in [0.15, 0.2) is 0 Å². The summed E-state index contributed by atoms with van der Waals surface area (Å²) in [7, 11) is 0. The largest absolute Gasteiger partial charge is 0.463 e. The number of esters is 1. The van der Waals surface area contributed by atoms with E-state index in [4.69, 9.17) is 15.9 Å². The summed E-state index contributed by atoms with van der Waals surface area (Å²) in [5.74, 6) is 2.16. The number of unbranched alkanes of at least 4 members (excludes halogenated alkanes) is 3. The van der Waals surface area contributed by atoms with E-state index in [1.807, 2.05) is 13.0 Å². The average molecular weight is 264 g/mol. The maximum absolute atomic E-state index is 11.2. The van der Waals surface area contributed by atoms with Gasteiger partial charge in [0.1, 0.15) is 6.61 Å². The van der Waals surface area contributed by atoms with Gasteiger partial charge in [0.05, 0.1) is 6.61 Å². The smallest absolute Gasteiger partial charge is 0.330 e. The van der Waals surface area contributed by atoms with Gasteiger partial charge in [0, 0.05) is 12.7 Å². The second kappa shape index (κ2) is 12.9. The number of terminal acetylenes is 1. The standard InChI is InChI=1S/C16H24O3/c1-4-12-18-13-10-8-6-7-9-11-15(3)14-16(17)19-5-2/h1,9,11,14H,5-8,10,12-13H2,2-3H3. The minimum Gasteiger partial charge on any atom is -0.463 e. The van der Waals surface area contributed by atoms with Crippen molar-refractivity contribution in [1.29, 1.82) is 0 Å². The van der Waals surface area contributed by atoms with Crippen LogP contribution in [0.3, 0.4) is 0 Å². The molecule has 0 aliphatic carbocycles. The Balaban J connectivity index is 3.57. The Bertz CT molecular complexity index is 334.